The van der Waals surface area contributed by atoms with Crippen molar-refractivity contribution in [2.24, 2.45) is 0 Å². The van der Waals surface area contributed by atoms with Crippen LogP contribution in [-0.2, 0) is 0 Å². The van der Waals surface area contributed by atoms with Gasteiger partial charge >= 0.3 is 0 Å². The average Bonchev–Trinajstić information content (AvgIpc) is 2.73. The monoisotopic (exact) mass is 334 g/mol. The van der Waals surface area contributed by atoms with Crippen molar-refractivity contribution in [1.29, 1.82) is 0 Å². The summed E-state index contributed by atoms with van der Waals surface area (Å²) in [5, 5.41) is 0. The van der Waals surface area contributed by atoms with E-state index in [1.807, 2.05) is 47.0 Å². The number of aromatic amines is 1. The topological polar surface area (TPSA) is 29.9 Å². The number of nitrogens with zero attached hydrogens (tertiary/aromatic N) is 1. The molecular formula is C14H11BrN2OS. The van der Waals surface area contributed by atoms with Gasteiger partial charge in [0, 0.05) is 10.5 Å². The van der Waals surface area contributed by atoms with Gasteiger partial charge in [-0.2, -0.15) is 0 Å². The third-order valence-corrected chi connectivity index (χ3v) is 3.68. The Balaban J connectivity index is 2.33. The summed E-state index contributed by atoms with van der Waals surface area (Å²) in [7, 11) is 1.65. The largest absolute Gasteiger partial charge is 0.497 e. The van der Waals surface area contributed by atoms with E-state index >= 15 is 0 Å². The summed E-state index contributed by atoms with van der Waals surface area (Å²) >= 11 is 8.90. The van der Waals surface area contributed by atoms with Crippen LogP contribution in [-0.4, -0.2) is 16.7 Å². The molecule has 0 atom stereocenters. The molecular weight excluding hydrogens is 324 g/mol. The van der Waals surface area contributed by atoms with Gasteiger partial charge in [0.1, 0.15) is 5.75 Å². The number of halogens is 1. The molecule has 0 aliphatic heterocycles. The third kappa shape index (κ3) is 2.19. The molecule has 96 valence electrons. The van der Waals surface area contributed by atoms with Gasteiger partial charge in [-0.25, -0.2) is 0 Å². The number of benzene rings is 2. The van der Waals surface area contributed by atoms with Crippen LogP contribution in [0.5, 0.6) is 5.75 Å². The van der Waals surface area contributed by atoms with Gasteiger partial charge in [0.05, 0.1) is 23.8 Å². The second-order valence-electron chi connectivity index (χ2n) is 4.13. The number of methoxy groups -OCH3 is 1. The molecule has 0 aliphatic carbocycles. The van der Waals surface area contributed by atoms with E-state index in [2.05, 4.69) is 20.9 Å². The van der Waals surface area contributed by atoms with E-state index in [1.54, 1.807) is 7.11 Å². The summed E-state index contributed by atoms with van der Waals surface area (Å²) in [5.74, 6) is 0.788. The van der Waals surface area contributed by atoms with Crippen LogP contribution in [0.2, 0.25) is 0 Å². The molecule has 0 bridgehead atoms. The maximum absolute atomic E-state index is 5.41. The van der Waals surface area contributed by atoms with Gasteiger partial charge in [-0.1, -0.05) is 28.1 Å². The number of H-pyrrole nitrogens is 1. The van der Waals surface area contributed by atoms with E-state index in [0.717, 1.165) is 26.9 Å². The van der Waals surface area contributed by atoms with Gasteiger partial charge in [-0.3, -0.25) is 4.57 Å². The molecule has 3 nitrogen and oxygen atoms in total. The summed E-state index contributed by atoms with van der Waals surface area (Å²) in [5.41, 5.74) is 3.03. The van der Waals surface area contributed by atoms with Gasteiger partial charge in [0.25, 0.3) is 0 Å². The van der Waals surface area contributed by atoms with Gasteiger partial charge in [0.15, 0.2) is 4.77 Å². The molecule has 0 radical (unpaired) electrons. The third-order valence-electron chi connectivity index (χ3n) is 2.94. The minimum Gasteiger partial charge on any atom is -0.497 e. The molecule has 1 heterocycles. The average molecular weight is 335 g/mol. The van der Waals surface area contributed by atoms with Crippen molar-refractivity contribution in [2.75, 3.05) is 7.11 Å². The number of aromatic nitrogens is 2. The molecule has 0 fully saturated rings. The first kappa shape index (κ1) is 12.4. The summed E-state index contributed by atoms with van der Waals surface area (Å²) in [6, 6.07) is 13.9. The summed E-state index contributed by atoms with van der Waals surface area (Å²) in [6.45, 7) is 0. The molecule has 2 aromatic carbocycles. The molecule has 1 aromatic heterocycles. The lowest BCUT2D eigenvalue weighted by Crippen LogP contribution is -1.95. The normalized spacial score (nSPS) is 10.8. The van der Waals surface area contributed by atoms with Crippen LogP contribution in [0.3, 0.4) is 0 Å². The van der Waals surface area contributed by atoms with E-state index < -0.39 is 0 Å². The molecule has 0 saturated heterocycles. The van der Waals surface area contributed by atoms with E-state index in [-0.39, 0.29) is 0 Å². The maximum Gasteiger partial charge on any atom is 0.182 e. The van der Waals surface area contributed by atoms with Crippen LogP contribution < -0.4 is 4.74 Å². The zero-order valence-corrected chi connectivity index (χ0v) is 12.6. The number of hydrogen-bond acceptors (Lipinski definition) is 2. The van der Waals surface area contributed by atoms with Crippen LogP contribution >= 0.6 is 28.1 Å². The van der Waals surface area contributed by atoms with Crippen molar-refractivity contribution in [1.82, 2.24) is 9.55 Å². The number of ether oxygens (including phenoxy) is 1. The fourth-order valence-electron chi connectivity index (χ4n) is 2.11. The van der Waals surface area contributed by atoms with E-state index in [4.69, 9.17) is 17.0 Å². The minimum atomic E-state index is 0.668. The predicted molar refractivity (Wildman–Crippen MR) is 82.7 cm³/mol. The highest BCUT2D eigenvalue weighted by molar-refractivity contribution is 9.10. The summed E-state index contributed by atoms with van der Waals surface area (Å²) in [4.78, 5) is 3.20. The lowest BCUT2D eigenvalue weighted by atomic mass is 10.2. The van der Waals surface area contributed by atoms with Crippen LogP contribution in [0.25, 0.3) is 16.7 Å². The number of imidazole rings is 1. The molecule has 0 spiro atoms. The lowest BCUT2D eigenvalue weighted by molar-refractivity contribution is 0.414. The number of hydrogen-bond donors (Lipinski definition) is 1. The smallest absolute Gasteiger partial charge is 0.182 e. The number of rotatable bonds is 2. The SMILES string of the molecule is COc1cc(Br)cc(-n2c(=S)[nH]c3ccccc32)c1. The first-order chi connectivity index (χ1) is 9.19. The second-order valence-corrected chi connectivity index (χ2v) is 5.43. The lowest BCUT2D eigenvalue weighted by Gasteiger charge is -2.08. The summed E-state index contributed by atoms with van der Waals surface area (Å²) in [6.07, 6.45) is 0. The molecule has 0 aliphatic rings. The molecule has 0 unspecified atom stereocenters. The molecule has 0 amide bonds. The maximum atomic E-state index is 5.41. The van der Waals surface area contributed by atoms with E-state index in [1.165, 1.54) is 0 Å². The highest BCUT2D eigenvalue weighted by atomic mass is 79.9. The Hall–Kier alpha value is -1.59. The van der Waals surface area contributed by atoms with Crippen molar-refractivity contribution < 1.29 is 4.74 Å². The van der Waals surface area contributed by atoms with Crippen LogP contribution in [0.1, 0.15) is 0 Å². The van der Waals surface area contributed by atoms with Gasteiger partial charge in [0.2, 0.25) is 0 Å². The van der Waals surface area contributed by atoms with Crippen molar-refractivity contribution in [3.63, 3.8) is 0 Å². The van der Waals surface area contributed by atoms with E-state index in [0.29, 0.717) is 4.77 Å². The zero-order valence-electron chi connectivity index (χ0n) is 10.2. The Bertz CT molecular complexity index is 807. The van der Waals surface area contributed by atoms with Crippen molar-refractivity contribution in [2.45, 2.75) is 0 Å². The fourth-order valence-corrected chi connectivity index (χ4v) is 2.88. The molecule has 19 heavy (non-hydrogen) atoms. The van der Waals surface area contributed by atoms with Crippen LogP contribution in [0, 0.1) is 4.77 Å². The zero-order chi connectivity index (χ0) is 13.4. The predicted octanol–water partition coefficient (Wildman–Crippen LogP) is 4.46. The quantitative estimate of drug-likeness (QED) is 0.701. The second kappa shape index (κ2) is 4.83. The van der Waals surface area contributed by atoms with Gasteiger partial charge in [-0.15, -0.1) is 0 Å². The van der Waals surface area contributed by atoms with Crippen LogP contribution in [0.4, 0.5) is 0 Å². The first-order valence-electron chi connectivity index (χ1n) is 5.74. The Morgan fingerprint density at radius 1 is 1.21 bits per heavy atom. The van der Waals surface area contributed by atoms with Gasteiger partial charge < -0.3 is 9.72 Å². The van der Waals surface area contributed by atoms with E-state index in [9.17, 15) is 0 Å². The number of fused-ring (bicyclic) bond motifs is 1. The summed E-state index contributed by atoms with van der Waals surface area (Å²) < 4.78 is 8.92. The van der Waals surface area contributed by atoms with Crippen LogP contribution in [0.15, 0.2) is 46.9 Å². The molecule has 3 aromatic rings. The molecule has 3 rings (SSSR count). The Labute approximate surface area is 124 Å². The Morgan fingerprint density at radius 3 is 2.79 bits per heavy atom. The Morgan fingerprint density at radius 2 is 2.00 bits per heavy atom. The highest BCUT2D eigenvalue weighted by Gasteiger charge is 2.08. The van der Waals surface area contributed by atoms with Crippen molar-refractivity contribution in [3.8, 4) is 11.4 Å². The van der Waals surface area contributed by atoms with Crippen molar-refractivity contribution >= 4 is 39.2 Å². The highest BCUT2D eigenvalue weighted by Crippen LogP contribution is 2.26. The molecule has 0 saturated carbocycles. The minimum absolute atomic E-state index is 0.668. The van der Waals surface area contributed by atoms with Gasteiger partial charge in [-0.05, 0) is 36.5 Å². The van der Waals surface area contributed by atoms with Crippen molar-refractivity contribution in [3.05, 3.63) is 51.7 Å². The molecule has 1 N–H and O–H groups in total. The number of para-hydroxylation sites is 2. The Kier molecular flexibility index (Phi) is 3.16. The number of nitrogens with one attached hydrogen (secondary N) is 1. The first-order valence-corrected chi connectivity index (χ1v) is 6.94. The molecule has 5 heteroatoms. The standard InChI is InChI=1S/C14H11BrN2OS/c1-18-11-7-9(15)6-10(8-11)17-13-5-3-2-4-12(13)16-14(17)19/h2-8H,1H3,(H,16,19). The fraction of sp³-hybridized carbons (Fsp3) is 0.0714.